The van der Waals surface area contributed by atoms with Crippen LogP contribution in [0.5, 0.6) is 5.88 Å². The first-order chi connectivity index (χ1) is 11.1. The lowest BCUT2D eigenvalue weighted by atomic mass is 9.88. The van der Waals surface area contributed by atoms with Crippen LogP contribution in [0.25, 0.3) is 0 Å². The molecule has 1 aromatic heterocycles. The van der Waals surface area contributed by atoms with Crippen LogP contribution in [0, 0.1) is 15.0 Å². The predicted octanol–water partition coefficient (Wildman–Crippen LogP) is 4.21. The Bertz CT molecular complexity index is 790. The summed E-state index contributed by atoms with van der Waals surface area (Å²) in [4.78, 5) is 8.68. The van der Waals surface area contributed by atoms with Crippen LogP contribution in [-0.2, 0) is 6.42 Å². The predicted molar refractivity (Wildman–Crippen MR) is 99.5 cm³/mol. The smallest absolute Gasteiger partial charge is 0.252 e. The third-order valence-corrected chi connectivity index (χ3v) is 5.38. The van der Waals surface area contributed by atoms with E-state index in [1.54, 1.807) is 0 Å². The first kappa shape index (κ1) is 16.5. The molecule has 0 saturated heterocycles. The Labute approximate surface area is 156 Å². The molecule has 1 aromatic carbocycles. The molecule has 0 bridgehead atoms. The minimum absolute atomic E-state index is 0.178. The van der Waals surface area contributed by atoms with Gasteiger partial charge in [-0.1, -0.05) is 28.1 Å². The fourth-order valence-electron chi connectivity index (χ4n) is 2.83. The van der Waals surface area contributed by atoms with Crippen molar-refractivity contribution in [3.05, 3.63) is 43.2 Å². The van der Waals surface area contributed by atoms with Gasteiger partial charge in [-0.25, -0.2) is 4.98 Å². The van der Waals surface area contributed by atoms with Gasteiger partial charge in [0.2, 0.25) is 5.69 Å². The number of nitriles is 1. The fourth-order valence-corrected chi connectivity index (χ4v) is 3.92. The summed E-state index contributed by atoms with van der Waals surface area (Å²) in [6, 6.07) is 8.47. The third-order valence-electron chi connectivity index (χ3n) is 3.88. The number of methoxy groups -OCH3 is 1. The number of nitrogens with zero attached hydrogens (tertiary/aromatic N) is 3. The molecular formula is C16H14BrIN4O. The minimum atomic E-state index is 0.178. The summed E-state index contributed by atoms with van der Waals surface area (Å²) < 4.78 is 6.98. The maximum atomic E-state index is 9.09. The van der Waals surface area contributed by atoms with Gasteiger partial charge >= 0.3 is 0 Å². The van der Waals surface area contributed by atoms with Crippen molar-refractivity contribution in [2.24, 2.45) is 0 Å². The first-order valence-electron chi connectivity index (χ1n) is 7.19. The number of anilines is 1. The van der Waals surface area contributed by atoms with E-state index in [1.165, 1.54) is 18.2 Å². The zero-order valence-electron chi connectivity index (χ0n) is 12.4. The van der Waals surface area contributed by atoms with Crippen LogP contribution in [-0.4, -0.2) is 17.1 Å². The Morgan fingerprint density at radius 2 is 2.26 bits per heavy atom. The largest absolute Gasteiger partial charge is 0.479 e. The van der Waals surface area contributed by atoms with Crippen molar-refractivity contribution in [1.29, 1.82) is 5.26 Å². The highest BCUT2D eigenvalue weighted by Crippen LogP contribution is 2.36. The second-order valence-electron chi connectivity index (χ2n) is 5.23. The average Bonchev–Trinajstić information content (AvgIpc) is 2.57. The van der Waals surface area contributed by atoms with Gasteiger partial charge in [-0.3, -0.25) is 0 Å². The molecule has 1 aliphatic rings. The molecule has 1 heterocycles. The van der Waals surface area contributed by atoms with E-state index in [9.17, 15) is 0 Å². The van der Waals surface area contributed by atoms with Gasteiger partial charge in [0.05, 0.1) is 13.2 Å². The second kappa shape index (κ2) is 7.01. The summed E-state index contributed by atoms with van der Waals surface area (Å²) in [6.07, 6.45) is 3.22. The van der Waals surface area contributed by atoms with Crippen molar-refractivity contribution in [2.75, 3.05) is 12.4 Å². The summed E-state index contributed by atoms with van der Waals surface area (Å²) in [6.45, 7) is 0. The van der Waals surface area contributed by atoms with Crippen molar-refractivity contribution in [1.82, 2.24) is 9.97 Å². The summed E-state index contributed by atoms with van der Waals surface area (Å²) in [5.74, 6) is 0.903. The zero-order chi connectivity index (χ0) is 16.4. The molecule has 2 aromatic rings. The van der Waals surface area contributed by atoms with E-state index in [0.29, 0.717) is 9.52 Å². The van der Waals surface area contributed by atoms with Gasteiger partial charge < -0.3 is 10.1 Å². The van der Waals surface area contributed by atoms with E-state index in [2.05, 4.69) is 72.0 Å². The standard InChI is InChI=1S/C16H14BrIN4O/c1-23-16-13(8-19)20-14(18)15(22-16)21-12-7-3-4-9-10(12)5-2-6-11(9)17/h2,5-6,12H,3-4,7H2,1H3,(H,21,22)/t12-/m0/s1. The highest BCUT2D eigenvalue weighted by atomic mass is 127. The van der Waals surface area contributed by atoms with E-state index < -0.39 is 0 Å². The Hall–Kier alpha value is -1.40. The highest BCUT2D eigenvalue weighted by molar-refractivity contribution is 14.1. The van der Waals surface area contributed by atoms with E-state index >= 15 is 0 Å². The molecule has 1 aliphatic carbocycles. The summed E-state index contributed by atoms with van der Waals surface area (Å²) in [5.41, 5.74) is 2.83. The molecule has 0 spiro atoms. The van der Waals surface area contributed by atoms with Gasteiger partial charge in [0.15, 0.2) is 5.82 Å². The molecular weight excluding hydrogens is 471 g/mol. The number of ether oxygens (including phenoxy) is 1. The molecule has 0 saturated carbocycles. The summed E-state index contributed by atoms with van der Waals surface area (Å²) >= 11 is 5.73. The Kier molecular flexibility index (Phi) is 5.02. The number of hydrogen-bond donors (Lipinski definition) is 1. The summed E-state index contributed by atoms with van der Waals surface area (Å²) in [5, 5.41) is 12.6. The molecule has 118 valence electrons. The molecule has 3 rings (SSSR count). The fraction of sp³-hybridized carbons (Fsp3) is 0.312. The first-order valence-corrected chi connectivity index (χ1v) is 9.06. The lowest BCUT2D eigenvalue weighted by Gasteiger charge is -2.28. The van der Waals surface area contributed by atoms with E-state index in [1.807, 2.05) is 6.07 Å². The third kappa shape index (κ3) is 3.28. The number of hydrogen-bond acceptors (Lipinski definition) is 5. The topological polar surface area (TPSA) is 70.8 Å². The molecule has 1 atom stereocenters. The Balaban J connectivity index is 1.95. The Morgan fingerprint density at radius 3 is 3.00 bits per heavy atom. The zero-order valence-corrected chi connectivity index (χ0v) is 16.2. The minimum Gasteiger partial charge on any atom is -0.479 e. The van der Waals surface area contributed by atoms with Crippen molar-refractivity contribution in [2.45, 2.75) is 25.3 Å². The number of halogens is 2. The molecule has 0 unspecified atom stereocenters. The van der Waals surface area contributed by atoms with Crippen LogP contribution in [0.15, 0.2) is 22.7 Å². The number of fused-ring (bicyclic) bond motifs is 1. The number of rotatable bonds is 3. The van der Waals surface area contributed by atoms with E-state index in [0.717, 1.165) is 23.7 Å². The van der Waals surface area contributed by atoms with E-state index in [-0.39, 0.29) is 17.6 Å². The quantitative estimate of drug-likeness (QED) is 0.660. The molecule has 0 fully saturated rings. The molecule has 0 aliphatic heterocycles. The van der Waals surface area contributed by atoms with Gasteiger partial charge in [0.25, 0.3) is 5.88 Å². The number of benzene rings is 1. The van der Waals surface area contributed by atoms with Crippen LogP contribution in [0.2, 0.25) is 0 Å². The number of aromatic nitrogens is 2. The SMILES string of the molecule is COc1nc(N[C@H]2CCCc3c(Br)cccc32)c(I)nc1C#N. The second-order valence-corrected chi connectivity index (χ2v) is 7.11. The van der Waals surface area contributed by atoms with Crippen molar-refractivity contribution < 1.29 is 4.74 Å². The maximum absolute atomic E-state index is 9.09. The lowest BCUT2D eigenvalue weighted by molar-refractivity contribution is 0.394. The van der Waals surface area contributed by atoms with Gasteiger partial charge in [0, 0.05) is 4.47 Å². The van der Waals surface area contributed by atoms with Crippen molar-refractivity contribution >= 4 is 44.3 Å². The van der Waals surface area contributed by atoms with Gasteiger partial charge in [-0.2, -0.15) is 10.2 Å². The van der Waals surface area contributed by atoms with Crippen LogP contribution < -0.4 is 10.1 Å². The van der Waals surface area contributed by atoms with Crippen LogP contribution in [0.3, 0.4) is 0 Å². The van der Waals surface area contributed by atoms with E-state index in [4.69, 9.17) is 10.00 Å². The van der Waals surface area contributed by atoms with Gasteiger partial charge in [-0.05, 0) is 59.0 Å². The number of nitrogens with one attached hydrogen (secondary N) is 1. The van der Waals surface area contributed by atoms with Crippen molar-refractivity contribution in [3.63, 3.8) is 0 Å². The average molecular weight is 485 g/mol. The van der Waals surface area contributed by atoms with Crippen LogP contribution >= 0.6 is 38.5 Å². The normalized spacial score (nSPS) is 16.3. The molecule has 5 nitrogen and oxygen atoms in total. The highest BCUT2D eigenvalue weighted by Gasteiger charge is 2.23. The monoisotopic (exact) mass is 484 g/mol. The van der Waals surface area contributed by atoms with Crippen molar-refractivity contribution in [3.8, 4) is 11.9 Å². The molecule has 7 heteroatoms. The molecule has 1 N–H and O–H groups in total. The van der Waals surface area contributed by atoms with Crippen LogP contribution in [0.4, 0.5) is 5.82 Å². The molecule has 23 heavy (non-hydrogen) atoms. The maximum Gasteiger partial charge on any atom is 0.252 e. The van der Waals surface area contributed by atoms with Gasteiger partial charge in [0.1, 0.15) is 9.77 Å². The summed E-state index contributed by atoms with van der Waals surface area (Å²) in [7, 11) is 1.49. The molecule has 0 amide bonds. The molecule has 0 radical (unpaired) electrons. The Morgan fingerprint density at radius 1 is 1.43 bits per heavy atom. The lowest BCUT2D eigenvalue weighted by Crippen LogP contribution is -2.19. The van der Waals surface area contributed by atoms with Crippen LogP contribution in [0.1, 0.15) is 35.7 Å². The van der Waals surface area contributed by atoms with Gasteiger partial charge in [-0.15, -0.1) is 0 Å².